The molecule has 14 nitrogen and oxygen atoms in total. The molecule has 0 fully saturated rings. The van der Waals surface area contributed by atoms with Gasteiger partial charge in [0.25, 0.3) is 0 Å². The maximum absolute atomic E-state index is 13.1. The van der Waals surface area contributed by atoms with Gasteiger partial charge in [0, 0.05) is 13.0 Å². The van der Waals surface area contributed by atoms with Crippen LogP contribution in [-0.2, 0) is 24.0 Å². The van der Waals surface area contributed by atoms with E-state index in [1.807, 2.05) is 6.26 Å². The quantitative estimate of drug-likeness (QED) is 0.0500. The molecule has 0 aliphatic carbocycles. The number of nitrogens with one attached hydrogen (secondary N) is 3. The maximum atomic E-state index is 13.1. The number of hydrogen-bond acceptors (Lipinski definition) is 8. The third-order valence-corrected chi connectivity index (χ3v) is 6.28. The topological polar surface area (TPSA) is 258 Å². The third kappa shape index (κ3) is 14.3. The van der Waals surface area contributed by atoms with Crippen LogP contribution in [0.1, 0.15) is 52.4 Å². The first-order valence-corrected chi connectivity index (χ1v) is 13.4. The second-order valence-corrected chi connectivity index (χ2v) is 9.66. The van der Waals surface area contributed by atoms with Crippen molar-refractivity contribution in [2.45, 2.75) is 76.5 Å². The Balaban J connectivity index is 5.71. The number of primary amides is 1. The lowest BCUT2D eigenvalue weighted by molar-refractivity contribution is -0.144. The fourth-order valence-electron chi connectivity index (χ4n) is 3.19. The summed E-state index contributed by atoms with van der Waals surface area (Å²) in [5.74, 6) is -3.82. The van der Waals surface area contributed by atoms with Gasteiger partial charge in [-0.1, -0.05) is 20.3 Å². The fraction of sp³-hybridized carbons (Fsp3) is 0.727. The molecular formula is C22H42N8O6S. The Morgan fingerprint density at radius 1 is 0.919 bits per heavy atom. The number of thioether (sulfide) groups is 1. The van der Waals surface area contributed by atoms with Crippen molar-refractivity contribution >= 4 is 47.3 Å². The number of hydrogen-bond donors (Lipinski definition) is 8. The number of carboxylic acid groups (broad SMARTS) is 1. The molecule has 15 heteroatoms. The molecule has 0 aliphatic rings. The lowest BCUT2D eigenvalue weighted by Gasteiger charge is -2.26. The molecule has 0 aromatic heterocycles. The summed E-state index contributed by atoms with van der Waals surface area (Å²) in [6, 6.07) is -4.40. The van der Waals surface area contributed by atoms with Gasteiger partial charge >= 0.3 is 5.97 Å². The Kier molecular flexibility index (Phi) is 16.7. The summed E-state index contributed by atoms with van der Waals surface area (Å²) in [6.45, 7) is 3.64. The van der Waals surface area contributed by atoms with Crippen LogP contribution in [0, 0.1) is 5.92 Å². The van der Waals surface area contributed by atoms with Gasteiger partial charge in [0.15, 0.2) is 5.96 Å². The van der Waals surface area contributed by atoms with Crippen molar-refractivity contribution in [3.8, 4) is 0 Å². The first-order valence-electron chi connectivity index (χ1n) is 12.1. The number of nitrogens with two attached hydrogens (primary N) is 4. The number of amides is 4. The zero-order valence-corrected chi connectivity index (χ0v) is 22.5. The summed E-state index contributed by atoms with van der Waals surface area (Å²) in [7, 11) is 0. The molecule has 4 amide bonds. The molecule has 12 N–H and O–H groups in total. The molecule has 37 heavy (non-hydrogen) atoms. The monoisotopic (exact) mass is 546 g/mol. The molecule has 0 rings (SSSR count). The van der Waals surface area contributed by atoms with Crippen LogP contribution in [0.2, 0.25) is 0 Å². The van der Waals surface area contributed by atoms with E-state index >= 15 is 0 Å². The molecule has 0 bridgehead atoms. The summed E-state index contributed by atoms with van der Waals surface area (Å²) in [4.78, 5) is 65.5. The average molecular weight is 547 g/mol. The molecule has 0 spiro atoms. The van der Waals surface area contributed by atoms with Crippen LogP contribution in [0.15, 0.2) is 4.99 Å². The highest BCUT2D eigenvalue weighted by Gasteiger charge is 2.31. The van der Waals surface area contributed by atoms with Crippen LogP contribution in [-0.4, -0.2) is 83.4 Å². The molecule has 0 aromatic rings. The van der Waals surface area contributed by atoms with E-state index in [4.69, 9.17) is 22.9 Å². The van der Waals surface area contributed by atoms with Crippen LogP contribution in [0.25, 0.3) is 0 Å². The van der Waals surface area contributed by atoms with E-state index in [1.165, 1.54) is 11.8 Å². The van der Waals surface area contributed by atoms with Crippen molar-refractivity contribution in [2.24, 2.45) is 33.8 Å². The highest BCUT2D eigenvalue weighted by atomic mass is 32.2. The van der Waals surface area contributed by atoms with Crippen LogP contribution in [0.4, 0.5) is 0 Å². The highest BCUT2D eigenvalue weighted by Crippen LogP contribution is 2.10. The van der Waals surface area contributed by atoms with Gasteiger partial charge in [-0.2, -0.15) is 11.8 Å². The van der Waals surface area contributed by atoms with Crippen molar-refractivity contribution in [2.75, 3.05) is 18.6 Å². The summed E-state index contributed by atoms with van der Waals surface area (Å²) < 4.78 is 0. The minimum absolute atomic E-state index is 0.0743. The predicted octanol–water partition coefficient (Wildman–Crippen LogP) is -2.03. The molecule has 0 aliphatic heterocycles. The van der Waals surface area contributed by atoms with Crippen LogP contribution in [0.5, 0.6) is 0 Å². The number of carboxylic acids is 1. The molecule has 212 valence electrons. The van der Waals surface area contributed by atoms with E-state index in [0.29, 0.717) is 18.6 Å². The first kappa shape index (κ1) is 33.9. The molecule has 0 heterocycles. The van der Waals surface area contributed by atoms with Crippen LogP contribution in [0.3, 0.4) is 0 Å². The largest absolute Gasteiger partial charge is 0.480 e. The minimum Gasteiger partial charge on any atom is -0.480 e. The van der Waals surface area contributed by atoms with Crippen molar-refractivity contribution in [1.29, 1.82) is 0 Å². The zero-order valence-electron chi connectivity index (χ0n) is 21.7. The summed E-state index contributed by atoms with van der Waals surface area (Å²) in [5, 5.41) is 17.1. The van der Waals surface area contributed by atoms with Gasteiger partial charge in [-0.15, -0.1) is 0 Å². The van der Waals surface area contributed by atoms with Gasteiger partial charge in [-0.05, 0) is 43.6 Å². The zero-order chi connectivity index (χ0) is 28.5. The van der Waals surface area contributed by atoms with E-state index in [1.54, 1.807) is 13.8 Å². The van der Waals surface area contributed by atoms with Crippen LogP contribution < -0.4 is 38.9 Å². The lowest BCUT2D eigenvalue weighted by Crippen LogP contribution is -2.57. The number of rotatable bonds is 19. The Hall–Kier alpha value is -3.07. The van der Waals surface area contributed by atoms with Gasteiger partial charge in [-0.25, -0.2) is 4.79 Å². The number of nitrogens with zero attached hydrogens (tertiary/aromatic N) is 1. The second kappa shape index (κ2) is 18.2. The minimum atomic E-state index is -1.21. The SMILES string of the molecule is CCC(C)C(NC(=O)C(CCCN=C(N)N)NC(=O)C(CCC(N)=O)NC(=O)C(N)CCSC)C(=O)O. The lowest BCUT2D eigenvalue weighted by atomic mass is 9.98. The van der Waals surface area contributed by atoms with Gasteiger partial charge < -0.3 is 44.0 Å². The number of carbonyl (C=O) groups excluding carboxylic acids is 4. The molecule has 0 aromatic carbocycles. The third-order valence-electron chi connectivity index (χ3n) is 5.64. The summed E-state index contributed by atoms with van der Waals surface area (Å²) in [6.07, 6.45) is 2.78. The Morgan fingerprint density at radius 3 is 2.00 bits per heavy atom. The van der Waals surface area contributed by atoms with Gasteiger partial charge in [0.1, 0.15) is 18.1 Å². The van der Waals surface area contributed by atoms with E-state index in [9.17, 15) is 29.1 Å². The highest BCUT2D eigenvalue weighted by molar-refractivity contribution is 7.98. The standard InChI is InChI=1S/C22H42N8O6S/c1-4-12(2)17(21(35)36)30-20(34)14(6-5-10-27-22(25)26)29-19(33)15(7-8-16(24)31)28-18(32)13(23)9-11-37-3/h12-15,17H,4-11,23H2,1-3H3,(H2,24,31)(H,28,32)(H,29,33)(H,30,34)(H,35,36)(H4,25,26,27). The maximum Gasteiger partial charge on any atom is 0.326 e. The van der Waals surface area contributed by atoms with Crippen molar-refractivity contribution in [1.82, 2.24) is 16.0 Å². The Morgan fingerprint density at radius 2 is 1.49 bits per heavy atom. The van der Waals surface area contributed by atoms with Crippen molar-refractivity contribution in [3.63, 3.8) is 0 Å². The molecule has 0 saturated carbocycles. The second-order valence-electron chi connectivity index (χ2n) is 8.67. The Labute approximate surface area is 221 Å². The molecule has 0 radical (unpaired) electrons. The van der Waals surface area contributed by atoms with Gasteiger partial charge in [0.05, 0.1) is 6.04 Å². The predicted molar refractivity (Wildman–Crippen MR) is 142 cm³/mol. The molecule has 0 saturated heterocycles. The smallest absolute Gasteiger partial charge is 0.326 e. The van der Waals surface area contributed by atoms with E-state index in [0.717, 1.165) is 0 Å². The average Bonchev–Trinajstić information content (AvgIpc) is 2.83. The number of guanidine groups is 1. The molecule has 5 atom stereocenters. The van der Waals surface area contributed by atoms with E-state index < -0.39 is 53.8 Å². The molecular weight excluding hydrogens is 504 g/mol. The van der Waals surface area contributed by atoms with Crippen LogP contribution >= 0.6 is 11.8 Å². The van der Waals surface area contributed by atoms with Gasteiger partial charge in [-0.3, -0.25) is 24.2 Å². The number of aliphatic carboxylic acids is 1. The van der Waals surface area contributed by atoms with Crippen molar-refractivity contribution in [3.05, 3.63) is 0 Å². The fourth-order valence-corrected chi connectivity index (χ4v) is 3.68. The van der Waals surface area contributed by atoms with Gasteiger partial charge in [0.2, 0.25) is 23.6 Å². The van der Waals surface area contributed by atoms with Crippen molar-refractivity contribution < 1.29 is 29.1 Å². The number of carbonyl (C=O) groups is 5. The summed E-state index contributed by atoms with van der Waals surface area (Å²) >= 11 is 1.51. The number of aliphatic imine (C=N–C) groups is 1. The van der Waals surface area contributed by atoms with E-state index in [-0.39, 0.29) is 44.1 Å². The molecule has 5 unspecified atom stereocenters. The van der Waals surface area contributed by atoms with E-state index in [2.05, 4.69) is 20.9 Å². The Bertz CT molecular complexity index is 808. The summed E-state index contributed by atoms with van der Waals surface area (Å²) in [5.41, 5.74) is 21.7. The normalized spacial score (nSPS) is 14.8. The first-order chi connectivity index (χ1) is 17.3.